The fraction of sp³-hybridized carbons (Fsp3) is 0.375. The molecule has 0 amide bonds. The summed E-state index contributed by atoms with van der Waals surface area (Å²) in [6.45, 7) is 0. The van der Waals surface area contributed by atoms with E-state index in [-0.39, 0.29) is 18.1 Å². The maximum absolute atomic E-state index is 10.8. The lowest BCUT2D eigenvalue weighted by Crippen LogP contribution is -2.00. The van der Waals surface area contributed by atoms with Crippen molar-refractivity contribution in [3.8, 4) is 0 Å². The summed E-state index contributed by atoms with van der Waals surface area (Å²) in [7, 11) is 1.32. The molecule has 1 aromatic heterocycles. The van der Waals surface area contributed by atoms with Gasteiger partial charge in [0.25, 0.3) is 5.69 Å². The molecule has 5 nitrogen and oxygen atoms in total. The molecule has 0 aromatic carbocycles. The minimum atomic E-state index is -0.420. The molecule has 1 rings (SSSR count). The topological polar surface area (TPSA) is 69.4 Å². The summed E-state index contributed by atoms with van der Waals surface area (Å²) < 4.78 is 5.09. The highest BCUT2D eigenvalue weighted by molar-refractivity contribution is 8.01. The Kier molecular flexibility index (Phi) is 4.57. The predicted molar refractivity (Wildman–Crippen MR) is 58.3 cm³/mol. The van der Waals surface area contributed by atoms with E-state index in [9.17, 15) is 14.9 Å². The van der Waals surface area contributed by atoms with Gasteiger partial charge in [-0.25, -0.2) is 0 Å². The number of nitrogens with zero attached hydrogens (tertiary/aromatic N) is 1. The van der Waals surface area contributed by atoms with Crippen LogP contribution in [0.3, 0.4) is 0 Å². The largest absolute Gasteiger partial charge is 0.469 e. The lowest BCUT2D eigenvalue weighted by Gasteiger charge is -1.97. The summed E-state index contributed by atoms with van der Waals surface area (Å²) in [6, 6.07) is 1.46. The second kappa shape index (κ2) is 5.72. The molecule has 0 atom stereocenters. The fourth-order valence-electron chi connectivity index (χ4n) is 0.861. The van der Waals surface area contributed by atoms with E-state index in [2.05, 4.69) is 4.74 Å². The Hall–Kier alpha value is -1.08. The van der Waals surface area contributed by atoms with Gasteiger partial charge in [0.05, 0.1) is 18.5 Å². The van der Waals surface area contributed by atoms with E-state index < -0.39 is 4.92 Å². The van der Waals surface area contributed by atoms with Gasteiger partial charge in [0, 0.05) is 11.8 Å². The van der Waals surface area contributed by atoms with Gasteiger partial charge in [-0.15, -0.1) is 23.1 Å². The molecule has 0 fully saturated rings. The van der Waals surface area contributed by atoms with Gasteiger partial charge < -0.3 is 4.74 Å². The van der Waals surface area contributed by atoms with Crippen molar-refractivity contribution in [2.24, 2.45) is 0 Å². The molecule has 1 aromatic rings. The number of thioether (sulfide) groups is 1. The number of carbonyl (C=O) groups excluding carboxylic acids is 1. The number of rotatable bonds is 5. The zero-order valence-electron chi connectivity index (χ0n) is 7.97. The molecule has 15 heavy (non-hydrogen) atoms. The summed E-state index contributed by atoms with van der Waals surface area (Å²) in [5.41, 5.74) is 0.106. The van der Waals surface area contributed by atoms with E-state index >= 15 is 0 Å². The van der Waals surface area contributed by atoms with E-state index in [1.54, 1.807) is 5.38 Å². The first-order valence-electron chi connectivity index (χ1n) is 4.06. The monoisotopic (exact) mass is 247 g/mol. The molecule has 0 bridgehead atoms. The first kappa shape index (κ1) is 12.0. The first-order valence-corrected chi connectivity index (χ1v) is 5.93. The average Bonchev–Trinajstić information content (AvgIpc) is 2.65. The summed E-state index contributed by atoms with van der Waals surface area (Å²) in [4.78, 5) is 20.9. The molecule has 0 N–H and O–H groups in total. The number of esters is 1. The number of hydrogen-bond donors (Lipinski definition) is 0. The molecule has 0 aliphatic heterocycles. The molecule has 0 saturated heterocycles. The van der Waals surface area contributed by atoms with Gasteiger partial charge in [-0.3, -0.25) is 14.9 Å². The average molecular weight is 247 g/mol. The number of ether oxygens (including phenoxy) is 1. The molecule has 0 spiro atoms. The zero-order chi connectivity index (χ0) is 11.3. The van der Waals surface area contributed by atoms with Crippen LogP contribution in [0.15, 0.2) is 15.7 Å². The van der Waals surface area contributed by atoms with Gasteiger partial charge in [-0.1, -0.05) is 0 Å². The summed E-state index contributed by atoms with van der Waals surface area (Å²) >= 11 is 2.61. The maximum atomic E-state index is 10.8. The molecule has 0 radical (unpaired) electrons. The van der Waals surface area contributed by atoms with Crippen molar-refractivity contribution in [1.82, 2.24) is 0 Å². The molecule has 0 saturated carbocycles. The third kappa shape index (κ3) is 3.52. The van der Waals surface area contributed by atoms with Crippen LogP contribution < -0.4 is 0 Å². The Morgan fingerprint density at radius 1 is 1.73 bits per heavy atom. The lowest BCUT2D eigenvalue weighted by molar-refractivity contribution is -0.387. The minimum Gasteiger partial charge on any atom is -0.469 e. The van der Waals surface area contributed by atoms with Crippen molar-refractivity contribution in [2.75, 3.05) is 12.9 Å². The molecular weight excluding hydrogens is 238 g/mol. The highest BCUT2D eigenvalue weighted by Gasteiger charge is 2.15. The van der Waals surface area contributed by atoms with Gasteiger partial charge in [-0.2, -0.15) is 0 Å². The highest BCUT2D eigenvalue weighted by Crippen LogP contribution is 2.34. The quantitative estimate of drug-likeness (QED) is 0.345. The van der Waals surface area contributed by atoms with Gasteiger partial charge in [-0.05, 0) is 5.38 Å². The number of carbonyl (C=O) groups is 1. The van der Waals surface area contributed by atoms with Gasteiger partial charge in [0.2, 0.25) is 0 Å². The Morgan fingerprint density at radius 3 is 3.07 bits per heavy atom. The fourth-order valence-corrected chi connectivity index (χ4v) is 2.88. The van der Waals surface area contributed by atoms with Crippen molar-refractivity contribution >= 4 is 34.8 Å². The minimum absolute atomic E-state index is 0.106. The van der Waals surface area contributed by atoms with Crippen LogP contribution in [0.25, 0.3) is 0 Å². The molecule has 82 valence electrons. The smallest absolute Gasteiger partial charge is 0.306 e. The van der Waals surface area contributed by atoms with Crippen LogP contribution in [0.2, 0.25) is 0 Å². The van der Waals surface area contributed by atoms with Gasteiger partial charge in [0.1, 0.15) is 4.21 Å². The van der Waals surface area contributed by atoms with Crippen LogP contribution in [0.4, 0.5) is 5.69 Å². The Morgan fingerprint density at radius 2 is 2.47 bits per heavy atom. The van der Waals surface area contributed by atoms with Gasteiger partial charge >= 0.3 is 5.97 Å². The Bertz CT molecular complexity index is 363. The van der Waals surface area contributed by atoms with Crippen molar-refractivity contribution in [3.05, 3.63) is 21.6 Å². The van der Waals surface area contributed by atoms with Crippen molar-refractivity contribution in [1.29, 1.82) is 0 Å². The van der Waals surface area contributed by atoms with Crippen molar-refractivity contribution < 1.29 is 14.5 Å². The number of nitro groups is 1. The standard InChI is InChI=1S/C8H9NO4S2/c1-13-7(10)3-5-15-8-6(9(11)12)2-4-14-8/h2,4H,3,5H2,1H3. The van der Waals surface area contributed by atoms with Crippen LogP contribution >= 0.6 is 23.1 Å². The van der Waals surface area contributed by atoms with Crippen LogP contribution in [-0.4, -0.2) is 23.8 Å². The predicted octanol–water partition coefficient (Wildman–Crippen LogP) is 2.31. The van der Waals surface area contributed by atoms with Gasteiger partial charge in [0.15, 0.2) is 0 Å². The van der Waals surface area contributed by atoms with Crippen LogP contribution in [-0.2, 0) is 9.53 Å². The molecule has 0 unspecified atom stereocenters. The molecule has 1 heterocycles. The molecule has 0 aliphatic rings. The van der Waals surface area contributed by atoms with E-state index in [1.807, 2.05) is 0 Å². The van der Waals surface area contributed by atoms with Crippen LogP contribution in [0, 0.1) is 10.1 Å². The third-order valence-corrected chi connectivity index (χ3v) is 3.79. The Balaban J connectivity index is 2.47. The first-order chi connectivity index (χ1) is 7.15. The number of methoxy groups -OCH3 is 1. The Labute approximate surface area is 94.6 Å². The summed E-state index contributed by atoms with van der Waals surface area (Å²) in [6.07, 6.45) is 0.260. The number of hydrogen-bond acceptors (Lipinski definition) is 6. The van der Waals surface area contributed by atoms with Crippen LogP contribution in [0.5, 0.6) is 0 Å². The van der Waals surface area contributed by atoms with Crippen molar-refractivity contribution in [3.63, 3.8) is 0 Å². The van der Waals surface area contributed by atoms with Crippen molar-refractivity contribution in [2.45, 2.75) is 10.6 Å². The normalized spacial score (nSPS) is 9.93. The van der Waals surface area contributed by atoms with E-state index in [0.717, 1.165) is 0 Å². The summed E-state index contributed by atoms with van der Waals surface area (Å²) in [5, 5.41) is 12.2. The maximum Gasteiger partial charge on any atom is 0.306 e. The molecule has 0 aliphatic carbocycles. The van der Waals surface area contributed by atoms with E-state index in [1.165, 1.54) is 36.3 Å². The number of thiophene rings is 1. The third-order valence-electron chi connectivity index (χ3n) is 1.57. The zero-order valence-corrected chi connectivity index (χ0v) is 9.60. The molecule has 7 heteroatoms. The SMILES string of the molecule is COC(=O)CCSc1sccc1[N+](=O)[O-]. The van der Waals surface area contributed by atoms with E-state index in [0.29, 0.717) is 9.96 Å². The van der Waals surface area contributed by atoms with Crippen LogP contribution in [0.1, 0.15) is 6.42 Å². The second-order valence-electron chi connectivity index (χ2n) is 2.53. The second-order valence-corrected chi connectivity index (χ2v) is 4.80. The van der Waals surface area contributed by atoms with E-state index in [4.69, 9.17) is 0 Å². The highest BCUT2D eigenvalue weighted by atomic mass is 32.2. The lowest BCUT2D eigenvalue weighted by atomic mass is 10.5. The summed E-state index contributed by atoms with van der Waals surface area (Å²) in [5.74, 6) is 0.190. The molecular formula is C8H9NO4S2.